The highest BCUT2D eigenvalue weighted by molar-refractivity contribution is 7.85. The van der Waals surface area contributed by atoms with E-state index in [-0.39, 0.29) is 6.04 Å². The molecule has 0 saturated carbocycles. The Labute approximate surface area is 78.4 Å². The molecule has 0 bridgehead atoms. The van der Waals surface area contributed by atoms with Crippen molar-refractivity contribution in [3.63, 3.8) is 0 Å². The van der Waals surface area contributed by atoms with Gasteiger partial charge < -0.3 is 5.73 Å². The summed E-state index contributed by atoms with van der Waals surface area (Å²) in [4.78, 5) is 0. The minimum atomic E-state index is -0.705. The molecular weight excluding hydrogens is 170 g/mol. The summed E-state index contributed by atoms with van der Waals surface area (Å²) >= 11 is 0. The molecule has 0 amide bonds. The first-order valence-electron chi connectivity index (χ1n) is 4.70. The van der Waals surface area contributed by atoms with Crippen molar-refractivity contribution < 1.29 is 4.21 Å². The van der Waals surface area contributed by atoms with Crippen LogP contribution in [0.15, 0.2) is 0 Å². The van der Waals surface area contributed by atoms with Crippen molar-refractivity contribution in [3.05, 3.63) is 0 Å². The third-order valence-electron chi connectivity index (χ3n) is 2.09. The Bertz CT molecular complexity index is 124. The number of hydrogen-bond acceptors (Lipinski definition) is 2. The van der Waals surface area contributed by atoms with E-state index in [0.29, 0.717) is 11.7 Å². The van der Waals surface area contributed by atoms with E-state index < -0.39 is 10.8 Å². The summed E-state index contributed by atoms with van der Waals surface area (Å²) in [5.74, 6) is 2.04. The molecule has 0 heterocycles. The molecule has 3 heteroatoms. The normalized spacial score (nSPS) is 18.7. The van der Waals surface area contributed by atoms with E-state index in [0.717, 1.165) is 18.6 Å². The van der Waals surface area contributed by atoms with Crippen molar-refractivity contribution in [1.29, 1.82) is 0 Å². The predicted octanol–water partition coefficient (Wildman–Crippen LogP) is 1.52. The fraction of sp³-hybridized carbons (Fsp3) is 1.00. The third-order valence-corrected chi connectivity index (χ3v) is 3.83. The average molecular weight is 191 g/mol. The summed E-state index contributed by atoms with van der Waals surface area (Å²) in [5.41, 5.74) is 5.70. The Morgan fingerprint density at radius 2 is 1.83 bits per heavy atom. The van der Waals surface area contributed by atoms with Crippen LogP contribution in [0.3, 0.4) is 0 Å². The van der Waals surface area contributed by atoms with E-state index in [1.807, 2.05) is 6.92 Å². The molecule has 0 aromatic carbocycles. The van der Waals surface area contributed by atoms with Crippen LogP contribution in [0.4, 0.5) is 0 Å². The van der Waals surface area contributed by atoms with Crippen molar-refractivity contribution in [2.75, 3.05) is 11.5 Å². The van der Waals surface area contributed by atoms with Crippen LogP contribution in [0, 0.1) is 5.92 Å². The molecule has 0 aromatic heterocycles. The fourth-order valence-electron chi connectivity index (χ4n) is 0.860. The summed E-state index contributed by atoms with van der Waals surface area (Å²) in [5, 5.41) is 0. The Balaban J connectivity index is 3.59. The standard InChI is InChI=1S/C9H21NOS/c1-4-8(3)6-12(11)7-9(10)5-2/h8-9H,4-7,10H2,1-3H3. The van der Waals surface area contributed by atoms with Gasteiger partial charge >= 0.3 is 0 Å². The second-order valence-corrected chi connectivity index (χ2v) is 5.00. The third kappa shape index (κ3) is 5.72. The van der Waals surface area contributed by atoms with Gasteiger partial charge in [0.15, 0.2) is 0 Å². The number of hydrogen-bond donors (Lipinski definition) is 1. The van der Waals surface area contributed by atoms with Crippen LogP contribution >= 0.6 is 0 Å². The van der Waals surface area contributed by atoms with Gasteiger partial charge in [-0.05, 0) is 12.3 Å². The molecule has 2 nitrogen and oxygen atoms in total. The summed E-state index contributed by atoms with van der Waals surface area (Å²) in [6.07, 6.45) is 2.03. The molecule has 0 aliphatic rings. The van der Waals surface area contributed by atoms with Crippen molar-refractivity contribution in [1.82, 2.24) is 0 Å². The summed E-state index contributed by atoms with van der Waals surface area (Å²) in [6.45, 7) is 6.29. The van der Waals surface area contributed by atoms with Gasteiger partial charge in [-0.25, -0.2) is 0 Å². The zero-order valence-corrected chi connectivity index (χ0v) is 9.19. The van der Waals surface area contributed by atoms with Crippen molar-refractivity contribution in [3.8, 4) is 0 Å². The Morgan fingerprint density at radius 3 is 2.25 bits per heavy atom. The van der Waals surface area contributed by atoms with Gasteiger partial charge in [-0.15, -0.1) is 0 Å². The van der Waals surface area contributed by atoms with Crippen LogP contribution in [-0.4, -0.2) is 21.8 Å². The first-order chi connectivity index (χ1) is 5.60. The quantitative estimate of drug-likeness (QED) is 0.691. The molecule has 3 unspecified atom stereocenters. The molecule has 0 aromatic rings. The SMILES string of the molecule is CCC(C)CS(=O)CC(N)CC. The van der Waals surface area contributed by atoms with Gasteiger partial charge in [0.05, 0.1) is 0 Å². The summed E-state index contributed by atoms with van der Waals surface area (Å²) < 4.78 is 11.4. The lowest BCUT2D eigenvalue weighted by atomic mass is 10.2. The van der Waals surface area contributed by atoms with Gasteiger partial charge in [-0.1, -0.05) is 27.2 Å². The van der Waals surface area contributed by atoms with Gasteiger partial charge in [-0.3, -0.25) is 4.21 Å². The second-order valence-electron chi connectivity index (χ2n) is 3.45. The van der Waals surface area contributed by atoms with Crippen LogP contribution in [0.25, 0.3) is 0 Å². The average Bonchev–Trinajstić information content (AvgIpc) is 2.03. The van der Waals surface area contributed by atoms with Crippen LogP contribution in [-0.2, 0) is 10.8 Å². The molecule has 0 saturated heterocycles. The first-order valence-corrected chi connectivity index (χ1v) is 6.19. The molecule has 3 atom stereocenters. The van der Waals surface area contributed by atoms with Crippen molar-refractivity contribution in [2.45, 2.75) is 39.7 Å². The maximum atomic E-state index is 11.4. The molecule has 0 rings (SSSR count). The highest BCUT2D eigenvalue weighted by Crippen LogP contribution is 2.04. The van der Waals surface area contributed by atoms with E-state index in [2.05, 4.69) is 13.8 Å². The maximum absolute atomic E-state index is 11.4. The van der Waals surface area contributed by atoms with Gasteiger partial charge in [0.25, 0.3) is 0 Å². The van der Waals surface area contributed by atoms with Gasteiger partial charge in [0, 0.05) is 28.3 Å². The van der Waals surface area contributed by atoms with Crippen molar-refractivity contribution >= 4 is 10.8 Å². The largest absolute Gasteiger partial charge is 0.327 e. The Morgan fingerprint density at radius 1 is 1.25 bits per heavy atom. The zero-order chi connectivity index (χ0) is 9.56. The van der Waals surface area contributed by atoms with Crippen molar-refractivity contribution in [2.24, 2.45) is 11.7 Å². The molecule has 0 spiro atoms. The molecule has 0 aliphatic carbocycles. The molecule has 12 heavy (non-hydrogen) atoms. The maximum Gasteiger partial charge on any atom is 0.0386 e. The predicted molar refractivity (Wildman–Crippen MR) is 55.6 cm³/mol. The zero-order valence-electron chi connectivity index (χ0n) is 8.38. The van der Waals surface area contributed by atoms with Crippen LogP contribution in [0.1, 0.15) is 33.6 Å². The van der Waals surface area contributed by atoms with E-state index in [9.17, 15) is 4.21 Å². The van der Waals surface area contributed by atoms with Crippen LogP contribution in [0.5, 0.6) is 0 Å². The van der Waals surface area contributed by atoms with Gasteiger partial charge in [-0.2, -0.15) is 0 Å². The smallest absolute Gasteiger partial charge is 0.0386 e. The van der Waals surface area contributed by atoms with E-state index in [4.69, 9.17) is 5.73 Å². The minimum absolute atomic E-state index is 0.120. The lowest BCUT2D eigenvalue weighted by molar-refractivity contribution is 0.609. The monoisotopic (exact) mass is 191 g/mol. The molecule has 0 aliphatic heterocycles. The van der Waals surface area contributed by atoms with E-state index in [1.165, 1.54) is 0 Å². The lowest BCUT2D eigenvalue weighted by Gasteiger charge is -2.11. The molecule has 74 valence electrons. The Hall–Kier alpha value is 0.110. The highest BCUT2D eigenvalue weighted by Gasteiger charge is 2.08. The summed E-state index contributed by atoms with van der Waals surface area (Å²) in [6, 6.07) is 0.120. The molecule has 0 radical (unpaired) electrons. The lowest BCUT2D eigenvalue weighted by Crippen LogP contribution is -2.28. The topological polar surface area (TPSA) is 43.1 Å². The molecule has 0 fully saturated rings. The first kappa shape index (κ1) is 12.1. The number of rotatable bonds is 6. The highest BCUT2D eigenvalue weighted by atomic mass is 32.2. The van der Waals surface area contributed by atoms with Gasteiger partial charge in [0.1, 0.15) is 0 Å². The molecule has 2 N–H and O–H groups in total. The van der Waals surface area contributed by atoms with Gasteiger partial charge in [0.2, 0.25) is 0 Å². The van der Waals surface area contributed by atoms with E-state index in [1.54, 1.807) is 0 Å². The summed E-state index contributed by atoms with van der Waals surface area (Å²) in [7, 11) is -0.705. The van der Waals surface area contributed by atoms with E-state index >= 15 is 0 Å². The molecular formula is C9H21NOS. The van der Waals surface area contributed by atoms with Crippen LogP contribution < -0.4 is 5.73 Å². The second kappa shape index (κ2) is 6.61. The number of nitrogens with two attached hydrogens (primary N) is 1. The fourth-order valence-corrected chi connectivity index (χ4v) is 2.58. The Kier molecular flexibility index (Phi) is 6.67. The van der Waals surface area contributed by atoms with Crippen LogP contribution in [0.2, 0.25) is 0 Å². The minimum Gasteiger partial charge on any atom is -0.327 e.